The van der Waals surface area contributed by atoms with E-state index in [-0.39, 0.29) is 18.2 Å². The number of rotatable bonds is 3. The van der Waals surface area contributed by atoms with Crippen molar-refractivity contribution in [3.8, 4) is 0 Å². The third kappa shape index (κ3) is 2.26. The van der Waals surface area contributed by atoms with Gasteiger partial charge in [0.25, 0.3) is 5.91 Å². The molecular weight excluding hydrogens is 270 g/mol. The Morgan fingerprint density at radius 2 is 2.00 bits per heavy atom. The standard InChI is InChI=1S/C14H15N5O2/c1-15-14-17-9-6-4-3-5-8(9)12(18-14)16-10-7-11(20)19(2)13(10)21/h3-6,10H,7H2,1-2H3,(H2,15,16,17,18). The summed E-state index contributed by atoms with van der Waals surface area (Å²) >= 11 is 0. The highest BCUT2D eigenvalue weighted by Crippen LogP contribution is 2.24. The van der Waals surface area contributed by atoms with Crippen LogP contribution in [0.2, 0.25) is 0 Å². The van der Waals surface area contributed by atoms with Crippen LogP contribution in [0.5, 0.6) is 0 Å². The molecule has 1 atom stereocenters. The Morgan fingerprint density at radius 3 is 2.67 bits per heavy atom. The van der Waals surface area contributed by atoms with Gasteiger partial charge in [-0.2, -0.15) is 4.98 Å². The smallest absolute Gasteiger partial charge is 0.251 e. The molecule has 1 aliphatic rings. The van der Waals surface area contributed by atoms with Crippen LogP contribution >= 0.6 is 0 Å². The minimum atomic E-state index is -0.578. The van der Waals surface area contributed by atoms with E-state index in [9.17, 15) is 9.59 Å². The zero-order chi connectivity index (χ0) is 15.0. The minimum absolute atomic E-state index is 0.141. The van der Waals surface area contributed by atoms with Crippen molar-refractivity contribution in [1.29, 1.82) is 0 Å². The van der Waals surface area contributed by atoms with Crippen LogP contribution in [0.25, 0.3) is 10.9 Å². The Balaban J connectivity index is 2.00. The molecule has 3 rings (SSSR count). The summed E-state index contributed by atoms with van der Waals surface area (Å²) in [7, 11) is 3.22. The second-order valence-electron chi connectivity index (χ2n) is 4.86. The molecule has 0 saturated carbocycles. The molecule has 7 nitrogen and oxygen atoms in total. The summed E-state index contributed by atoms with van der Waals surface area (Å²) in [5, 5.41) is 6.77. The lowest BCUT2D eigenvalue weighted by atomic mass is 10.2. The highest BCUT2D eigenvalue weighted by molar-refractivity contribution is 6.07. The summed E-state index contributed by atoms with van der Waals surface area (Å²) in [6, 6.07) is 6.93. The van der Waals surface area contributed by atoms with E-state index in [1.165, 1.54) is 7.05 Å². The van der Waals surface area contributed by atoms with Gasteiger partial charge in [-0.25, -0.2) is 4.98 Å². The van der Waals surface area contributed by atoms with Crippen LogP contribution in [0.3, 0.4) is 0 Å². The van der Waals surface area contributed by atoms with E-state index in [1.54, 1.807) is 7.05 Å². The van der Waals surface area contributed by atoms with E-state index < -0.39 is 6.04 Å². The predicted octanol–water partition coefficient (Wildman–Crippen LogP) is 0.841. The monoisotopic (exact) mass is 285 g/mol. The van der Waals surface area contributed by atoms with Gasteiger partial charge in [0.05, 0.1) is 11.9 Å². The molecule has 0 aliphatic carbocycles. The molecule has 0 bridgehead atoms. The quantitative estimate of drug-likeness (QED) is 0.813. The van der Waals surface area contributed by atoms with Crippen LogP contribution in [0, 0.1) is 0 Å². The topological polar surface area (TPSA) is 87.2 Å². The van der Waals surface area contributed by atoms with Gasteiger partial charge in [-0.15, -0.1) is 0 Å². The zero-order valence-electron chi connectivity index (χ0n) is 11.8. The summed E-state index contributed by atoms with van der Waals surface area (Å²) in [5.74, 6) is 0.575. The minimum Gasteiger partial charge on any atom is -0.357 e. The van der Waals surface area contributed by atoms with Crippen LogP contribution in [-0.2, 0) is 9.59 Å². The summed E-state index contributed by atoms with van der Waals surface area (Å²) < 4.78 is 0. The maximum atomic E-state index is 12.0. The number of likely N-dealkylation sites (N-methyl/N-ethyl adjacent to an activating group) is 1. The number of amides is 2. The van der Waals surface area contributed by atoms with Gasteiger partial charge in [-0.05, 0) is 12.1 Å². The van der Waals surface area contributed by atoms with E-state index in [1.807, 2.05) is 24.3 Å². The second kappa shape index (κ2) is 5.01. The number of carbonyl (C=O) groups excluding carboxylic acids is 2. The lowest BCUT2D eigenvalue weighted by Crippen LogP contribution is -2.32. The van der Waals surface area contributed by atoms with Crippen LogP contribution in [0.4, 0.5) is 11.8 Å². The average molecular weight is 285 g/mol. The SMILES string of the molecule is CNc1nc(NC2CC(=O)N(C)C2=O)c2ccccc2n1. The molecule has 2 heterocycles. The molecule has 1 aromatic heterocycles. The van der Waals surface area contributed by atoms with E-state index in [0.717, 1.165) is 15.8 Å². The highest BCUT2D eigenvalue weighted by atomic mass is 16.2. The number of carbonyl (C=O) groups is 2. The molecule has 2 amide bonds. The maximum Gasteiger partial charge on any atom is 0.251 e. The predicted molar refractivity (Wildman–Crippen MR) is 78.9 cm³/mol. The number of hydrogen-bond acceptors (Lipinski definition) is 6. The Hall–Kier alpha value is -2.70. The first-order valence-electron chi connectivity index (χ1n) is 6.61. The van der Waals surface area contributed by atoms with Crippen LogP contribution in [-0.4, -0.2) is 46.8 Å². The number of likely N-dealkylation sites (tertiary alicyclic amines) is 1. The van der Waals surface area contributed by atoms with Crippen LogP contribution in [0.1, 0.15) is 6.42 Å². The third-order valence-corrected chi connectivity index (χ3v) is 3.52. The largest absolute Gasteiger partial charge is 0.357 e. The van der Waals surface area contributed by atoms with E-state index >= 15 is 0 Å². The zero-order valence-corrected chi connectivity index (χ0v) is 11.8. The van der Waals surface area contributed by atoms with Gasteiger partial charge >= 0.3 is 0 Å². The van der Waals surface area contributed by atoms with Gasteiger partial charge in [0.1, 0.15) is 11.9 Å². The lowest BCUT2D eigenvalue weighted by Gasteiger charge is -2.14. The van der Waals surface area contributed by atoms with Crippen molar-refractivity contribution in [3.63, 3.8) is 0 Å². The first kappa shape index (κ1) is 13.3. The molecule has 2 aromatic rings. The molecule has 1 saturated heterocycles. The summed E-state index contributed by atoms with van der Waals surface area (Å²) in [6.07, 6.45) is 0.141. The molecule has 21 heavy (non-hydrogen) atoms. The average Bonchev–Trinajstić information content (AvgIpc) is 2.74. The van der Waals surface area contributed by atoms with Crippen molar-refractivity contribution in [2.45, 2.75) is 12.5 Å². The molecule has 1 fully saturated rings. The maximum absolute atomic E-state index is 12.0. The fourth-order valence-corrected chi connectivity index (χ4v) is 2.33. The van der Waals surface area contributed by atoms with Crippen molar-refractivity contribution in [2.24, 2.45) is 0 Å². The Bertz CT molecular complexity index is 730. The summed E-state index contributed by atoms with van der Waals surface area (Å²) in [5.41, 5.74) is 0.768. The Kier molecular flexibility index (Phi) is 3.17. The number of fused-ring (bicyclic) bond motifs is 1. The van der Waals surface area contributed by atoms with Crippen molar-refractivity contribution in [1.82, 2.24) is 14.9 Å². The number of aromatic nitrogens is 2. The fourth-order valence-electron chi connectivity index (χ4n) is 2.33. The number of imide groups is 1. The third-order valence-electron chi connectivity index (χ3n) is 3.52. The normalized spacial score (nSPS) is 18.4. The molecule has 1 unspecified atom stereocenters. The van der Waals surface area contributed by atoms with Gasteiger partial charge < -0.3 is 10.6 Å². The molecule has 7 heteroatoms. The van der Waals surface area contributed by atoms with Crippen molar-refractivity contribution >= 4 is 34.5 Å². The lowest BCUT2D eigenvalue weighted by molar-refractivity contribution is -0.136. The number of anilines is 2. The van der Waals surface area contributed by atoms with E-state index in [0.29, 0.717) is 11.8 Å². The number of nitrogens with one attached hydrogen (secondary N) is 2. The van der Waals surface area contributed by atoms with Crippen molar-refractivity contribution in [2.75, 3.05) is 24.7 Å². The number of hydrogen-bond donors (Lipinski definition) is 2. The van der Waals surface area contributed by atoms with Gasteiger partial charge in [-0.1, -0.05) is 12.1 Å². The first-order valence-corrected chi connectivity index (χ1v) is 6.61. The molecule has 0 spiro atoms. The van der Waals surface area contributed by atoms with Crippen LogP contribution < -0.4 is 10.6 Å². The van der Waals surface area contributed by atoms with E-state index in [4.69, 9.17) is 0 Å². The first-order chi connectivity index (χ1) is 10.1. The highest BCUT2D eigenvalue weighted by Gasteiger charge is 2.36. The Morgan fingerprint density at radius 1 is 1.24 bits per heavy atom. The van der Waals surface area contributed by atoms with Gasteiger partial charge in [-0.3, -0.25) is 14.5 Å². The Labute approximate surface area is 121 Å². The van der Waals surface area contributed by atoms with Crippen molar-refractivity contribution in [3.05, 3.63) is 24.3 Å². The second-order valence-corrected chi connectivity index (χ2v) is 4.86. The fraction of sp³-hybridized carbons (Fsp3) is 0.286. The van der Waals surface area contributed by atoms with Gasteiger partial charge in [0.2, 0.25) is 11.9 Å². The summed E-state index contributed by atoms with van der Waals surface area (Å²) in [4.78, 5) is 33.4. The summed E-state index contributed by atoms with van der Waals surface area (Å²) in [6.45, 7) is 0. The number of para-hydroxylation sites is 1. The van der Waals surface area contributed by atoms with Crippen LogP contribution in [0.15, 0.2) is 24.3 Å². The molecule has 108 valence electrons. The number of nitrogens with zero attached hydrogens (tertiary/aromatic N) is 3. The van der Waals surface area contributed by atoms with Gasteiger partial charge in [0, 0.05) is 19.5 Å². The van der Waals surface area contributed by atoms with Crippen molar-refractivity contribution < 1.29 is 9.59 Å². The molecule has 2 N–H and O–H groups in total. The molecular formula is C14H15N5O2. The molecule has 1 aromatic carbocycles. The van der Waals surface area contributed by atoms with Gasteiger partial charge in [0.15, 0.2) is 0 Å². The number of benzene rings is 1. The molecule has 0 radical (unpaired) electrons. The van der Waals surface area contributed by atoms with E-state index in [2.05, 4.69) is 20.6 Å². The molecule has 1 aliphatic heterocycles.